The molecule has 0 aliphatic carbocycles. The van der Waals surface area contributed by atoms with Crippen LogP contribution in [0.2, 0.25) is 13.1 Å². The van der Waals surface area contributed by atoms with Gasteiger partial charge in [-0.1, -0.05) is 0 Å². The van der Waals surface area contributed by atoms with Crippen LogP contribution in [0, 0.1) is 0 Å². The van der Waals surface area contributed by atoms with Crippen molar-refractivity contribution in [1.82, 2.24) is 0 Å². The van der Waals surface area contributed by atoms with Crippen LogP contribution in [0.1, 0.15) is 6.92 Å². The standard InChI is InChI=1S/C3H8B2O/c1-3-5(2)4-6/h3H2,1-2H3. The molecule has 0 aliphatic heterocycles. The van der Waals surface area contributed by atoms with Crippen LogP contribution in [0.4, 0.5) is 0 Å². The molecule has 0 N–H and O–H groups in total. The fourth-order valence-corrected chi connectivity index (χ4v) is 0.0962. The van der Waals surface area contributed by atoms with Crippen molar-refractivity contribution in [3.63, 3.8) is 0 Å². The first-order valence-electron chi connectivity index (χ1n) is 2.26. The van der Waals surface area contributed by atoms with Gasteiger partial charge < -0.3 is 0 Å². The first-order valence-corrected chi connectivity index (χ1v) is 2.26. The topological polar surface area (TPSA) is 17.1 Å². The SMILES string of the molecule is CCB(C)B=O. The van der Waals surface area contributed by atoms with Crippen molar-refractivity contribution in [3.8, 4) is 0 Å². The van der Waals surface area contributed by atoms with Gasteiger partial charge in [0.2, 0.25) is 0 Å². The second-order valence-corrected chi connectivity index (χ2v) is 1.52. The van der Waals surface area contributed by atoms with Gasteiger partial charge in [0.15, 0.2) is 0 Å². The van der Waals surface area contributed by atoms with E-state index >= 15 is 0 Å². The van der Waals surface area contributed by atoms with Gasteiger partial charge in [-0.25, -0.2) is 0 Å². The van der Waals surface area contributed by atoms with Crippen molar-refractivity contribution in [2.75, 3.05) is 0 Å². The van der Waals surface area contributed by atoms with Crippen molar-refractivity contribution in [2.45, 2.75) is 20.1 Å². The molecule has 0 heterocycles. The fourth-order valence-electron chi connectivity index (χ4n) is 0.0962. The van der Waals surface area contributed by atoms with E-state index in [2.05, 4.69) is 0 Å². The number of hydrogen-bond donors (Lipinski definition) is 0. The van der Waals surface area contributed by atoms with Gasteiger partial charge in [-0.15, -0.1) is 0 Å². The monoisotopic (exact) mass is 82.1 g/mol. The summed E-state index contributed by atoms with van der Waals surface area (Å²) >= 11 is 0. The molecule has 32 valence electrons. The first kappa shape index (κ1) is 5.93. The third kappa shape index (κ3) is 2.18. The van der Waals surface area contributed by atoms with E-state index in [-0.39, 0.29) is 6.60 Å². The molecule has 0 saturated heterocycles. The average Bonchev–Trinajstić information content (AvgIpc) is 1.65. The molecule has 0 radical (unpaired) electrons. The summed E-state index contributed by atoms with van der Waals surface area (Å²) in [6, 6.07) is 0. The molecule has 1 nitrogen and oxygen atoms in total. The van der Waals surface area contributed by atoms with Gasteiger partial charge in [-0.2, -0.15) is 0 Å². The molecule has 0 rings (SSSR count). The molecule has 0 bridgehead atoms. The Bertz CT molecular complexity index is 46.1. The van der Waals surface area contributed by atoms with Gasteiger partial charge in [0, 0.05) is 0 Å². The van der Waals surface area contributed by atoms with Gasteiger partial charge in [0.25, 0.3) is 0 Å². The van der Waals surface area contributed by atoms with Crippen molar-refractivity contribution in [2.24, 2.45) is 0 Å². The predicted octanol–water partition coefficient (Wildman–Crippen LogP) is 0.677. The molecule has 0 aromatic rings. The molecule has 0 atom stereocenters. The van der Waals surface area contributed by atoms with Gasteiger partial charge in [-0.05, 0) is 0 Å². The quantitative estimate of drug-likeness (QED) is 0.447. The van der Waals surface area contributed by atoms with Crippen LogP contribution in [0.25, 0.3) is 0 Å². The molecule has 0 fully saturated rings. The zero-order valence-electron chi connectivity index (χ0n) is 4.27. The zero-order valence-corrected chi connectivity index (χ0v) is 4.27. The molecule has 0 amide bonds. The van der Waals surface area contributed by atoms with Crippen LogP contribution in [-0.4, -0.2) is 13.6 Å². The van der Waals surface area contributed by atoms with Crippen molar-refractivity contribution in [3.05, 3.63) is 0 Å². The van der Waals surface area contributed by atoms with E-state index < -0.39 is 0 Å². The fraction of sp³-hybridized carbons (Fsp3) is 1.00. The molecular weight excluding hydrogens is 73.7 g/mol. The third-order valence-corrected chi connectivity index (χ3v) is 0.876. The Balaban J connectivity index is 2.96. The van der Waals surface area contributed by atoms with Gasteiger partial charge >= 0.3 is 38.4 Å². The number of hydrogen-bond acceptors (Lipinski definition) is 1. The zero-order chi connectivity index (χ0) is 4.99. The summed E-state index contributed by atoms with van der Waals surface area (Å²) in [6.07, 6.45) is 0.962. The minimum absolute atomic E-state index is 0.255. The maximum absolute atomic E-state index is 9.74. The summed E-state index contributed by atoms with van der Waals surface area (Å²) in [4.78, 5) is 0. The Hall–Kier alpha value is -0.0701. The van der Waals surface area contributed by atoms with E-state index in [0.29, 0.717) is 0 Å². The summed E-state index contributed by atoms with van der Waals surface area (Å²) in [6.45, 7) is 4.16. The summed E-state index contributed by atoms with van der Waals surface area (Å²) in [7, 11) is 0.972. The normalized spacial score (nSPS) is 7.00. The van der Waals surface area contributed by atoms with E-state index in [4.69, 9.17) is 0 Å². The van der Waals surface area contributed by atoms with E-state index in [1.807, 2.05) is 13.7 Å². The molecule has 0 aromatic carbocycles. The second kappa shape index (κ2) is 3.13. The summed E-state index contributed by atoms with van der Waals surface area (Å²) in [5, 5.41) is 0. The second-order valence-electron chi connectivity index (χ2n) is 1.52. The molecular formula is C3H8B2O. The molecule has 0 spiro atoms. The van der Waals surface area contributed by atoms with Crippen LogP contribution in [0.5, 0.6) is 0 Å². The summed E-state index contributed by atoms with van der Waals surface area (Å²) < 4.78 is 9.74. The van der Waals surface area contributed by atoms with Crippen LogP contribution >= 0.6 is 0 Å². The van der Waals surface area contributed by atoms with Gasteiger partial charge in [-0.3, -0.25) is 0 Å². The Labute approximate surface area is 39.4 Å². The Morgan fingerprint density at radius 1 is 1.83 bits per heavy atom. The average molecular weight is 81.7 g/mol. The van der Waals surface area contributed by atoms with E-state index in [1.54, 1.807) is 0 Å². The predicted molar refractivity (Wildman–Crippen MR) is 28.5 cm³/mol. The summed E-state index contributed by atoms with van der Waals surface area (Å²) in [5.74, 6) is 0. The Kier molecular flexibility index (Phi) is 3.10. The van der Waals surface area contributed by atoms with Crippen LogP contribution < -0.4 is 0 Å². The minimum atomic E-state index is 0.255. The molecule has 3 heteroatoms. The molecule has 0 saturated carbocycles. The van der Waals surface area contributed by atoms with E-state index in [1.165, 1.54) is 0 Å². The van der Waals surface area contributed by atoms with Gasteiger partial charge in [0.1, 0.15) is 0 Å². The van der Waals surface area contributed by atoms with Gasteiger partial charge in [0.05, 0.1) is 0 Å². The van der Waals surface area contributed by atoms with Crippen molar-refractivity contribution < 1.29 is 4.70 Å². The number of rotatable bonds is 2. The maximum atomic E-state index is 9.74. The third-order valence-electron chi connectivity index (χ3n) is 0.876. The van der Waals surface area contributed by atoms with Crippen LogP contribution in [0.15, 0.2) is 0 Å². The summed E-state index contributed by atoms with van der Waals surface area (Å²) in [5.41, 5.74) is 0. The van der Waals surface area contributed by atoms with Crippen LogP contribution in [0.3, 0.4) is 0 Å². The van der Waals surface area contributed by atoms with E-state index in [0.717, 1.165) is 13.4 Å². The van der Waals surface area contributed by atoms with Crippen molar-refractivity contribution in [1.29, 1.82) is 0 Å². The van der Waals surface area contributed by atoms with E-state index in [9.17, 15) is 4.70 Å². The Morgan fingerprint density at radius 2 is 2.33 bits per heavy atom. The van der Waals surface area contributed by atoms with Crippen LogP contribution in [-0.2, 0) is 4.70 Å². The molecule has 0 aromatic heterocycles. The molecule has 0 aliphatic rings. The Morgan fingerprint density at radius 3 is 2.33 bits per heavy atom. The first-order chi connectivity index (χ1) is 2.81. The molecule has 6 heavy (non-hydrogen) atoms. The van der Waals surface area contributed by atoms with Crippen molar-refractivity contribution >= 4 is 13.6 Å². The molecule has 0 unspecified atom stereocenters.